The first-order chi connectivity index (χ1) is 12.1. The van der Waals surface area contributed by atoms with E-state index in [1.165, 1.54) is 20.4 Å². The molecule has 0 bridgehead atoms. The summed E-state index contributed by atoms with van der Waals surface area (Å²) in [6.07, 6.45) is 1.38. The fourth-order valence-corrected chi connectivity index (χ4v) is 3.08. The van der Waals surface area contributed by atoms with E-state index in [0.29, 0.717) is 17.0 Å². The molecule has 0 amide bonds. The molecule has 2 aromatic rings. The third-order valence-electron chi connectivity index (χ3n) is 3.44. The fourth-order valence-electron chi connectivity index (χ4n) is 2.20. The zero-order valence-electron chi connectivity index (χ0n) is 14.9. The highest BCUT2D eigenvalue weighted by Crippen LogP contribution is 2.41. The monoisotopic (exact) mass is 416 g/mol. The number of aromatic nitrogens is 3. The predicted molar refractivity (Wildman–Crippen MR) is 105 cm³/mol. The molecule has 1 aromatic carbocycles. The summed E-state index contributed by atoms with van der Waals surface area (Å²) >= 11 is 17.5. The highest BCUT2D eigenvalue weighted by molar-refractivity contribution is 7.71. The second kappa shape index (κ2) is 7.77. The predicted octanol–water partition coefficient (Wildman–Crippen LogP) is 3.80. The van der Waals surface area contributed by atoms with Crippen molar-refractivity contribution in [2.75, 3.05) is 14.2 Å². The van der Waals surface area contributed by atoms with Crippen LogP contribution in [-0.2, 0) is 5.41 Å². The Bertz CT molecular complexity index is 977. The first-order valence-electron chi connectivity index (χ1n) is 7.48. The molecule has 0 aliphatic rings. The first kappa shape index (κ1) is 20.4. The van der Waals surface area contributed by atoms with E-state index in [-0.39, 0.29) is 20.6 Å². The number of H-pyrrole nitrogens is 1. The Morgan fingerprint density at radius 1 is 1.27 bits per heavy atom. The number of ether oxygens (including phenoxy) is 2. The maximum absolute atomic E-state index is 12.6. The summed E-state index contributed by atoms with van der Waals surface area (Å²) in [5.74, 6) is 0.598. The van der Waals surface area contributed by atoms with Gasteiger partial charge in [-0.25, -0.2) is 0 Å². The van der Waals surface area contributed by atoms with Crippen molar-refractivity contribution in [3.63, 3.8) is 0 Å². The Kier molecular flexibility index (Phi) is 6.10. The number of nitrogens with zero attached hydrogens (tertiary/aromatic N) is 3. The normalized spacial score (nSPS) is 11.8. The van der Waals surface area contributed by atoms with Crippen LogP contribution in [0.2, 0.25) is 10.0 Å². The zero-order chi connectivity index (χ0) is 19.6. The molecule has 1 heterocycles. The molecule has 0 aliphatic heterocycles. The van der Waals surface area contributed by atoms with Crippen LogP contribution in [0.1, 0.15) is 32.0 Å². The molecule has 0 unspecified atom stereocenters. The van der Waals surface area contributed by atoms with Gasteiger partial charge in [0.1, 0.15) is 16.5 Å². The first-order valence-corrected chi connectivity index (χ1v) is 8.64. The Balaban J connectivity index is 2.62. The van der Waals surface area contributed by atoms with Gasteiger partial charge < -0.3 is 9.47 Å². The highest BCUT2D eigenvalue weighted by Gasteiger charge is 2.22. The number of methoxy groups -OCH3 is 2. The van der Waals surface area contributed by atoms with Crippen molar-refractivity contribution >= 4 is 41.6 Å². The lowest BCUT2D eigenvalue weighted by molar-refractivity contribution is 0.394. The van der Waals surface area contributed by atoms with Crippen molar-refractivity contribution < 1.29 is 9.47 Å². The fraction of sp³-hybridized carbons (Fsp3) is 0.375. The average molecular weight is 417 g/mol. The Morgan fingerprint density at radius 3 is 2.42 bits per heavy atom. The van der Waals surface area contributed by atoms with E-state index in [0.717, 1.165) is 4.68 Å². The van der Waals surface area contributed by atoms with Gasteiger partial charge in [0.25, 0.3) is 5.56 Å². The van der Waals surface area contributed by atoms with Gasteiger partial charge >= 0.3 is 0 Å². The molecule has 0 saturated heterocycles. The van der Waals surface area contributed by atoms with Crippen LogP contribution in [-0.4, -0.2) is 35.3 Å². The minimum absolute atomic E-state index is 0.0592. The van der Waals surface area contributed by atoms with E-state index in [4.69, 9.17) is 44.9 Å². The highest BCUT2D eigenvalue weighted by atomic mass is 35.5. The number of rotatable bonds is 4. The number of nitrogens with one attached hydrogen (secondary N) is 1. The molecule has 0 fully saturated rings. The SMILES string of the molecule is COc1c(Cl)cc(/C=N\n2c(=S)[nH]nc(C(C)(C)C)c2=O)c(OC)c1Cl. The molecule has 0 spiro atoms. The second-order valence-electron chi connectivity index (χ2n) is 6.32. The molecular formula is C16H18Cl2N4O3S. The summed E-state index contributed by atoms with van der Waals surface area (Å²) in [4.78, 5) is 12.6. The van der Waals surface area contributed by atoms with Crippen molar-refractivity contribution in [2.24, 2.45) is 5.10 Å². The van der Waals surface area contributed by atoms with E-state index in [9.17, 15) is 4.79 Å². The minimum Gasteiger partial charge on any atom is -0.494 e. The molecule has 1 aromatic heterocycles. The third kappa shape index (κ3) is 3.92. The summed E-state index contributed by atoms with van der Waals surface area (Å²) in [6, 6.07) is 1.57. The molecule has 1 N–H and O–H groups in total. The number of benzene rings is 1. The molecule has 7 nitrogen and oxygen atoms in total. The molecule has 140 valence electrons. The molecule has 0 radical (unpaired) electrons. The Morgan fingerprint density at radius 2 is 1.88 bits per heavy atom. The Hall–Kier alpha value is -1.90. The van der Waals surface area contributed by atoms with Crippen LogP contribution < -0.4 is 15.0 Å². The van der Waals surface area contributed by atoms with Crippen molar-refractivity contribution in [1.82, 2.24) is 14.9 Å². The number of halogens is 2. The molecule has 0 aliphatic carbocycles. The molecule has 26 heavy (non-hydrogen) atoms. The molecule has 0 atom stereocenters. The molecule has 0 saturated carbocycles. The van der Waals surface area contributed by atoms with Crippen LogP contribution in [0.5, 0.6) is 11.5 Å². The van der Waals surface area contributed by atoms with Crippen LogP contribution in [0, 0.1) is 4.77 Å². The van der Waals surface area contributed by atoms with Gasteiger partial charge in [0.2, 0.25) is 4.77 Å². The summed E-state index contributed by atoms with van der Waals surface area (Å²) < 4.78 is 11.6. The van der Waals surface area contributed by atoms with E-state index in [2.05, 4.69) is 15.3 Å². The van der Waals surface area contributed by atoms with Crippen LogP contribution >= 0.6 is 35.4 Å². The van der Waals surface area contributed by atoms with Gasteiger partial charge in [-0.1, -0.05) is 44.0 Å². The van der Waals surface area contributed by atoms with Gasteiger partial charge in [0.15, 0.2) is 5.75 Å². The topological polar surface area (TPSA) is 81.5 Å². The van der Waals surface area contributed by atoms with Gasteiger partial charge in [-0.15, -0.1) is 0 Å². The van der Waals surface area contributed by atoms with Crippen molar-refractivity contribution in [3.8, 4) is 11.5 Å². The lowest BCUT2D eigenvalue weighted by Gasteiger charge is -2.16. The Labute approximate surface area is 165 Å². The largest absolute Gasteiger partial charge is 0.494 e. The maximum Gasteiger partial charge on any atom is 0.297 e. The van der Waals surface area contributed by atoms with E-state index in [1.807, 2.05) is 20.8 Å². The van der Waals surface area contributed by atoms with Crippen LogP contribution in [0.25, 0.3) is 0 Å². The number of hydrogen-bond acceptors (Lipinski definition) is 6. The van der Waals surface area contributed by atoms with E-state index >= 15 is 0 Å². The summed E-state index contributed by atoms with van der Waals surface area (Å²) in [6.45, 7) is 5.61. The lowest BCUT2D eigenvalue weighted by atomic mass is 9.93. The van der Waals surface area contributed by atoms with Crippen LogP contribution in [0.15, 0.2) is 16.0 Å². The molecule has 2 rings (SSSR count). The minimum atomic E-state index is -0.474. The molecule has 10 heteroatoms. The third-order valence-corrected chi connectivity index (χ3v) is 4.33. The second-order valence-corrected chi connectivity index (χ2v) is 7.49. The summed E-state index contributed by atoms with van der Waals surface area (Å²) in [7, 11) is 2.90. The maximum atomic E-state index is 12.6. The lowest BCUT2D eigenvalue weighted by Crippen LogP contribution is -2.32. The van der Waals surface area contributed by atoms with Crippen LogP contribution in [0.3, 0.4) is 0 Å². The average Bonchev–Trinajstić information content (AvgIpc) is 2.53. The smallest absolute Gasteiger partial charge is 0.297 e. The van der Waals surface area contributed by atoms with Crippen molar-refractivity contribution in [2.45, 2.75) is 26.2 Å². The van der Waals surface area contributed by atoms with Crippen LogP contribution in [0.4, 0.5) is 0 Å². The standard InChI is InChI=1S/C16H18Cl2N4O3S/c1-16(2,3)13-14(23)22(15(26)21-20-13)19-7-8-6-9(17)12(25-5)10(18)11(8)24-4/h6-7H,1-5H3,(H,21,26)/b19-7-. The van der Waals surface area contributed by atoms with E-state index in [1.54, 1.807) is 6.07 Å². The zero-order valence-corrected chi connectivity index (χ0v) is 17.2. The summed E-state index contributed by atoms with van der Waals surface area (Å²) in [5, 5.41) is 11.3. The summed E-state index contributed by atoms with van der Waals surface area (Å²) in [5.41, 5.74) is -0.125. The van der Waals surface area contributed by atoms with Crippen molar-refractivity contribution in [3.05, 3.63) is 42.5 Å². The number of aromatic amines is 1. The van der Waals surface area contributed by atoms with Gasteiger partial charge in [0.05, 0.1) is 25.5 Å². The van der Waals surface area contributed by atoms with Crippen molar-refractivity contribution in [1.29, 1.82) is 0 Å². The quantitative estimate of drug-likeness (QED) is 0.605. The van der Waals surface area contributed by atoms with Gasteiger partial charge in [0, 0.05) is 11.0 Å². The van der Waals surface area contributed by atoms with Gasteiger partial charge in [-0.3, -0.25) is 9.89 Å². The van der Waals surface area contributed by atoms with E-state index < -0.39 is 11.0 Å². The van der Waals surface area contributed by atoms with Gasteiger partial charge in [-0.2, -0.15) is 14.9 Å². The number of hydrogen-bond donors (Lipinski definition) is 1. The molecular weight excluding hydrogens is 399 g/mol. The van der Waals surface area contributed by atoms with Gasteiger partial charge in [-0.05, 0) is 18.3 Å².